The van der Waals surface area contributed by atoms with E-state index in [1.165, 1.54) is 24.0 Å². The van der Waals surface area contributed by atoms with Crippen LogP contribution in [0.5, 0.6) is 0 Å². The molecule has 0 bridgehead atoms. The van der Waals surface area contributed by atoms with Gasteiger partial charge < -0.3 is 0 Å². The Morgan fingerprint density at radius 2 is 1.73 bits per heavy atom. The molecule has 0 amide bonds. The van der Waals surface area contributed by atoms with Crippen LogP contribution in [0.15, 0.2) is 24.3 Å². The van der Waals surface area contributed by atoms with Crippen molar-refractivity contribution in [3.8, 4) is 6.07 Å². The SMILES string of the molecule is Cc1ccc(C2(C#N)CC3(CC3)C2)cc1. The fourth-order valence-electron chi connectivity index (χ4n) is 2.98. The first kappa shape index (κ1) is 8.97. The molecule has 3 rings (SSSR count). The molecule has 1 aromatic rings. The van der Waals surface area contributed by atoms with Crippen LogP contribution in [0.3, 0.4) is 0 Å². The summed E-state index contributed by atoms with van der Waals surface area (Å²) in [6.45, 7) is 2.09. The van der Waals surface area contributed by atoms with E-state index in [0.29, 0.717) is 5.41 Å². The van der Waals surface area contributed by atoms with E-state index in [4.69, 9.17) is 0 Å². The molecule has 2 aliphatic rings. The highest BCUT2D eigenvalue weighted by Gasteiger charge is 2.61. The Balaban J connectivity index is 1.92. The summed E-state index contributed by atoms with van der Waals surface area (Å²) in [7, 11) is 0. The van der Waals surface area contributed by atoms with Gasteiger partial charge in [-0.15, -0.1) is 0 Å². The van der Waals surface area contributed by atoms with Crippen molar-refractivity contribution in [3.63, 3.8) is 0 Å². The van der Waals surface area contributed by atoms with Crippen LogP contribution in [-0.2, 0) is 5.41 Å². The molecular weight excluding hydrogens is 182 g/mol. The molecule has 0 aliphatic heterocycles. The summed E-state index contributed by atoms with van der Waals surface area (Å²) in [5.74, 6) is 0. The summed E-state index contributed by atoms with van der Waals surface area (Å²) >= 11 is 0. The third kappa shape index (κ3) is 1.21. The minimum atomic E-state index is -0.149. The number of benzene rings is 1. The van der Waals surface area contributed by atoms with Crippen molar-refractivity contribution in [2.24, 2.45) is 5.41 Å². The van der Waals surface area contributed by atoms with Crippen molar-refractivity contribution >= 4 is 0 Å². The number of aryl methyl sites for hydroxylation is 1. The topological polar surface area (TPSA) is 23.8 Å². The summed E-state index contributed by atoms with van der Waals surface area (Å²) in [5.41, 5.74) is 2.94. The second-order valence-corrected chi connectivity index (χ2v) is 5.41. The Morgan fingerprint density at radius 1 is 1.13 bits per heavy atom. The van der Waals surface area contributed by atoms with Crippen LogP contribution in [0, 0.1) is 23.7 Å². The molecule has 15 heavy (non-hydrogen) atoms. The third-order valence-electron chi connectivity index (χ3n) is 4.13. The fraction of sp³-hybridized carbons (Fsp3) is 0.500. The van der Waals surface area contributed by atoms with Crippen molar-refractivity contribution in [1.82, 2.24) is 0 Å². The molecule has 0 atom stereocenters. The van der Waals surface area contributed by atoms with Crippen LogP contribution < -0.4 is 0 Å². The molecule has 76 valence electrons. The maximum atomic E-state index is 9.37. The number of nitriles is 1. The van der Waals surface area contributed by atoms with Crippen LogP contribution in [0.4, 0.5) is 0 Å². The van der Waals surface area contributed by atoms with Crippen molar-refractivity contribution in [2.45, 2.75) is 38.0 Å². The molecule has 0 heterocycles. The van der Waals surface area contributed by atoms with Gasteiger partial charge in [-0.1, -0.05) is 29.8 Å². The minimum absolute atomic E-state index is 0.149. The number of rotatable bonds is 1. The van der Waals surface area contributed by atoms with E-state index >= 15 is 0 Å². The summed E-state index contributed by atoms with van der Waals surface area (Å²) in [6, 6.07) is 11.0. The maximum absolute atomic E-state index is 9.37. The molecule has 0 radical (unpaired) electrons. The Morgan fingerprint density at radius 3 is 2.20 bits per heavy atom. The van der Waals surface area contributed by atoms with Gasteiger partial charge in [0.25, 0.3) is 0 Å². The van der Waals surface area contributed by atoms with E-state index in [1.807, 2.05) is 0 Å². The van der Waals surface area contributed by atoms with Crippen LogP contribution in [0.2, 0.25) is 0 Å². The minimum Gasteiger partial charge on any atom is -0.197 e. The van der Waals surface area contributed by atoms with Crippen molar-refractivity contribution < 1.29 is 0 Å². The lowest BCUT2D eigenvalue weighted by Crippen LogP contribution is -2.41. The largest absolute Gasteiger partial charge is 0.197 e. The average molecular weight is 197 g/mol. The van der Waals surface area contributed by atoms with E-state index in [9.17, 15) is 5.26 Å². The van der Waals surface area contributed by atoms with Crippen LogP contribution in [-0.4, -0.2) is 0 Å². The second-order valence-electron chi connectivity index (χ2n) is 5.41. The monoisotopic (exact) mass is 197 g/mol. The summed E-state index contributed by atoms with van der Waals surface area (Å²) in [5, 5.41) is 9.37. The summed E-state index contributed by atoms with van der Waals surface area (Å²) < 4.78 is 0. The van der Waals surface area contributed by atoms with E-state index < -0.39 is 0 Å². The van der Waals surface area contributed by atoms with Gasteiger partial charge in [0.15, 0.2) is 0 Å². The van der Waals surface area contributed by atoms with Crippen molar-refractivity contribution in [1.29, 1.82) is 5.26 Å². The molecule has 1 spiro atoms. The molecule has 2 fully saturated rings. The first-order valence-electron chi connectivity index (χ1n) is 5.67. The Kier molecular flexibility index (Phi) is 1.58. The Hall–Kier alpha value is -1.29. The average Bonchev–Trinajstić information content (AvgIpc) is 2.96. The molecule has 2 saturated carbocycles. The predicted octanol–water partition coefficient (Wildman–Crippen LogP) is 3.33. The number of hydrogen-bond donors (Lipinski definition) is 0. The normalized spacial score (nSPS) is 24.3. The maximum Gasteiger partial charge on any atom is 0.0833 e. The first-order valence-corrected chi connectivity index (χ1v) is 5.67. The van der Waals surface area contributed by atoms with E-state index in [-0.39, 0.29) is 5.41 Å². The van der Waals surface area contributed by atoms with Gasteiger partial charge in [0.2, 0.25) is 0 Å². The fourth-order valence-corrected chi connectivity index (χ4v) is 2.98. The van der Waals surface area contributed by atoms with Gasteiger partial charge in [0.05, 0.1) is 11.5 Å². The Labute approximate surface area is 90.7 Å². The molecular formula is C14H15N. The molecule has 2 aliphatic carbocycles. The van der Waals surface area contributed by atoms with Crippen molar-refractivity contribution in [3.05, 3.63) is 35.4 Å². The molecule has 1 heteroatoms. The zero-order valence-corrected chi connectivity index (χ0v) is 9.09. The highest BCUT2D eigenvalue weighted by molar-refractivity contribution is 5.40. The highest BCUT2D eigenvalue weighted by atomic mass is 14.6. The lowest BCUT2D eigenvalue weighted by atomic mass is 9.57. The van der Waals surface area contributed by atoms with E-state index in [2.05, 4.69) is 37.3 Å². The lowest BCUT2D eigenvalue weighted by Gasteiger charge is -2.44. The van der Waals surface area contributed by atoms with Crippen LogP contribution >= 0.6 is 0 Å². The van der Waals surface area contributed by atoms with Gasteiger partial charge in [-0.3, -0.25) is 0 Å². The molecule has 0 aromatic heterocycles. The lowest BCUT2D eigenvalue weighted by molar-refractivity contribution is 0.173. The van der Waals surface area contributed by atoms with Gasteiger partial charge in [-0.05, 0) is 43.6 Å². The number of hydrogen-bond acceptors (Lipinski definition) is 1. The Bertz CT molecular complexity index is 423. The highest BCUT2D eigenvalue weighted by Crippen LogP contribution is 2.68. The molecule has 1 aromatic carbocycles. The zero-order chi connectivity index (χ0) is 10.5. The molecule has 0 saturated heterocycles. The zero-order valence-electron chi connectivity index (χ0n) is 9.09. The quantitative estimate of drug-likeness (QED) is 0.677. The van der Waals surface area contributed by atoms with Gasteiger partial charge in [-0.2, -0.15) is 5.26 Å². The van der Waals surface area contributed by atoms with Gasteiger partial charge in [0.1, 0.15) is 0 Å². The number of nitrogens with zero attached hydrogens (tertiary/aromatic N) is 1. The molecule has 0 unspecified atom stereocenters. The van der Waals surface area contributed by atoms with Crippen molar-refractivity contribution in [2.75, 3.05) is 0 Å². The summed E-state index contributed by atoms with van der Waals surface area (Å²) in [4.78, 5) is 0. The van der Waals surface area contributed by atoms with Gasteiger partial charge >= 0.3 is 0 Å². The smallest absolute Gasteiger partial charge is 0.0833 e. The third-order valence-corrected chi connectivity index (χ3v) is 4.13. The first-order chi connectivity index (χ1) is 7.18. The molecule has 1 nitrogen and oxygen atoms in total. The molecule has 0 N–H and O–H groups in total. The standard InChI is InChI=1S/C14H15N/c1-11-2-4-12(5-3-11)14(10-15)8-13(9-14)6-7-13/h2-5H,6-9H2,1H3. The van der Waals surface area contributed by atoms with E-state index in [1.54, 1.807) is 0 Å². The van der Waals surface area contributed by atoms with Crippen LogP contribution in [0.25, 0.3) is 0 Å². The second kappa shape index (κ2) is 2.64. The van der Waals surface area contributed by atoms with Gasteiger partial charge in [-0.25, -0.2) is 0 Å². The summed E-state index contributed by atoms with van der Waals surface area (Å²) in [6.07, 6.45) is 4.89. The predicted molar refractivity (Wildman–Crippen MR) is 59.4 cm³/mol. The van der Waals surface area contributed by atoms with Gasteiger partial charge in [0, 0.05) is 0 Å². The van der Waals surface area contributed by atoms with Crippen LogP contribution in [0.1, 0.15) is 36.8 Å². The van der Waals surface area contributed by atoms with E-state index in [0.717, 1.165) is 12.8 Å².